The van der Waals surface area contributed by atoms with Crippen LogP contribution >= 0.6 is 0 Å². The molecular weight excluding hydrogens is 350 g/mol. The van der Waals surface area contributed by atoms with Gasteiger partial charge < -0.3 is 15.5 Å². The minimum atomic E-state index is -0.233. The number of piperidine rings is 1. The third kappa shape index (κ3) is 4.46. The van der Waals surface area contributed by atoms with E-state index in [-0.39, 0.29) is 5.91 Å². The van der Waals surface area contributed by atoms with Gasteiger partial charge in [-0.1, -0.05) is 18.2 Å². The van der Waals surface area contributed by atoms with E-state index in [0.29, 0.717) is 11.5 Å². The molecule has 2 N–H and O–H groups in total. The predicted octanol–water partition coefficient (Wildman–Crippen LogP) is 4.46. The third-order valence-corrected chi connectivity index (χ3v) is 4.79. The second-order valence-corrected chi connectivity index (χ2v) is 6.84. The molecule has 2 heterocycles. The Morgan fingerprint density at radius 1 is 0.821 bits per heavy atom. The average Bonchev–Trinajstić information content (AvgIpc) is 2.76. The number of rotatable bonds is 5. The fourth-order valence-corrected chi connectivity index (χ4v) is 3.27. The van der Waals surface area contributed by atoms with Crippen LogP contribution in [-0.4, -0.2) is 29.0 Å². The Morgan fingerprint density at radius 3 is 2.18 bits per heavy atom. The number of carbonyl (C=O) groups is 1. The highest BCUT2D eigenvalue weighted by molar-refractivity contribution is 6.03. The maximum atomic E-state index is 12.3. The number of nitrogens with zero attached hydrogens (tertiary/aromatic N) is 3. The molecule has 1 fully saturated rings. The molecule has 4 rings (SSSR count). The molecule has 28 heavy (non-hydrogen) atoms. The van der Waals surface area contributed by atoms with Gasteiger partial charge >= 0.3 is 0 Å². The number of aromatic nitrogens is 2. The predicted molar refractivity (Wildman–Crippen MR) is 112 cm³/mol. The fourth-order valence-electron chi connectivity index (χ4n) is 3.27. The van der Waals surface area contributed by atoms with Crippen molar-refractivity contribution in [1.82, 2.24) is 9.97 Å². The molecule has 0 saturated carbocycles. The van der Waals surface area contributed by atoms with Crippen molar-refractivity contribution in [2.45, 2.75) is 19.3 Å². The van der Waals surface area contributed by atoms with Gasteiger partial charge in [-0.3, -0.25) is 4.79 Å². The molecule has 142 valence electrons. The van der Waals surface area contributed by atoms with Crippen LogP contribution in [0.15, 0.2) is 67.0 Å². The zero-order chi connectivity index (χ0) is 19.2. The first-order valence-corrected chi connectivity index (χ1v) is 9.58. The SMILES string of the molecule is O=C(Nc1ccccc1)c1cnc(Nc2ccc(N3CCCCC3)cc2)nc1. The molecule has 6 heteroatoms. The molecule has 2 aromatic carbocycles. The van der Waals surface area contributed by atoms with E-state index in [1.165, 1.54) is 37.3 Å². The van der Waals surface area contributed by atoms with Crippen molar-refractivity contribution in [3.05, 3.63) is 72.6 Å². The molecule has 1 saturated heterocycles. The number of hydrogen-bond acceptors (Lipinski definition) is 5. The van der Waals surface area contributed by atoms with Gasteiger partial charge in [-0.15, -0.1) is 0 Å². The molecule has 0 spiro atoms. The highest BCUT2D eigenvalue weighted by Crippen LogP contribution is 2.22. The topological polar surface area (TPSA) is 70.2 Å². The minimum Gasteiger partial charge on any atom is -0.372 e. The van der Waals surface area contributed by atoms with Gasteiger partial charge in [-0.2, -0.15) is 0 Å². The molecule has 0 radical (unpaired) electrons. The highest BCUT2D eigenvalue weighted by Gasteiger charge is 2.11. The van der Waals surface area contributed by atoms with E-state index in [9.17, 15) is 4.79 Å². The van der Waals surface area contributed by atoms with E-state index in [2.05, 4.69) is 37.6 Å². The molecule has 1 aliphatic heterocycles. The fraction of sp³-hybridized carbons (Fsp3) is 0.227. The average molecular weight is 373 g/mol. The smallest absolute Gasteiger partial charge is 0.258 e. The van der Waals surface area contributed by atoms with Crippen LogP contribution in [0, 0.1) is 0 Å². The number of anilines is 4. The first-order valence-electron chi connectivity index (χ1n) is 9.58. The van der Waals surface area contributed by atoms with Gasteiger partial charge in [0.1, 0.15) is 0 Å². The van der Waals surface area contributed by atoms with Crippen molar-refractivity contribution in [2.24, 2.45) is 0 Å². The van der Waals surface area contributed by atoms with Crippen LogP contribution in [-0.2, 0) is 0 Å². The van der Waals surface area contributed by atoms with Crippen molar-refractivity contribution in [3.63, 3.8) is 0 Å². The summed E-state index contributed by atoms with van der Waals surface area (Å²) in [6.07, 6.45) is 6.90. The molecule has 1 aliphatic rings. The maximum Gasteiger partial charge on any atom is 0.258 e. The molecule has 0 atom stereocenters. The lowest BCUT2D eigenvalue weighted by Crippen LogP contribution is -2.29. The Morgan fingerprint density at radius 2 is 1.50 bits per heavy atom. The number of benzene rings is 2. The molecule has 6 nitrogen and oxygen atoms in total. The van der Waals surface area contributed by atoms with E-state index in [1.54, 1.807) is 0 Å². The van der Waals surface area contributed by atoms with Gasteiger partial charge in [0, 0.05) is 42.5 Å². The van der Waals surface area contributed by atoms with Crippen LogP contribution in [0.4, 0.5) is 23.0 Å². The Hall–Kier alpha value is -3.41. The van der Waals surface area contributed by atoms with Crippen LogP contribution in [0.3, 0.4) is 0 Å². The van der Waals surface area contributed by atoms with Crippen LogP contribution in [0.2, 0.25) is 0 Å². The summed E-state index contributed by atoms with van der Waals surface area (Å²) in [4.78, 5) is 23.2. The van der Waals surface area contributed by atoms with Gasteiger partial charge in [0.2, 0.25) is 5.95 Å². The molecule has 1 aromatic heterocycles. The Kier molecular flexibility index (Phi) is 5.47. The molecule has 0 unspecified atom stereocenters. The molecule has 1 amide bonds. The number of amides is 1. The van der Waals surface area contributed by atoms with Crippen LogP contribution in [0.1, 0.15) is 29.6 Å². The quantitative estimate of drug-likeness (QED) is 0.691. The lowest BCUT2D eigenvalue weighted by atomic mass is 10.1. The lowest BCUT2D eigenvalue weighted by molar-refractivity contribution is 0.102. The van der Waals surface area contributed by atoms with E-state index in [0.717, 1.165) is 24.5 Å². The Labute approximate surface area is 164 Å². The van der Waals surface area contributed by atoms with E-state index >= 15 is 0 Å². The van der Waals surface area contributed by atoms with Crippen molar-refractivity contribution in [2.75, 3.05) is 28.6 Å². The summed E-state index contributed by atoms with van der Waals surface area (Å²) in [7, 11) is 0. The van der Waals surface area contributed by atoms with Crippen LogP contribution in [0.5, 0.6) is 0 Å². The summed E-state index contributed by atoms with van der Waals surface area (Å²) in [5.74, 6) is 0.227. The van der Waals surface area contributed by atoms with Crippen molar-refractivity contribution in [3.8, 4) is 0 Å². The summed E-state index contributed by atoms with van der Waals surface area (Å²) < 4.78 is 0. The molecule has 0 aliphatic carbocycles. The van der Waals surface area contributed by atoms with Gasteiger partial charge in [0.15, 0.2) is 0 Å². The number of para-hydroxylation sites is 1. The van der Waals surface area contributed by atoms with Crippen molar-refractivity contribution < 1.29 is 4.79 Å². The van der Waals surface area contributed by atoms with Crippen LogP contribution < -0.4 is 15.5 Å². The zero-order valence-corrected chi connectivity index (χ0v) is 15.6. The largest absolute Gasteiger partial charge is 0.372 e. The highest BCUT2D eigenvalue weighted by atomic mass is 16.1. The van der Waals surface area contributed by atoms with E-state index < -0.39 is 0 Å². The molecule has 3 aromatic rings. The summed E-state index contributed by atoms with van der Waals surface area (Å²) >= 11 is 0. The third-order valence-electron chi connectivity index (χ3n) is 4.79. The molecule has 0 bridgehead atoms. The van der Waals surface area contributed by atoms with Gasteiger partial charge in [0.25, 0.3) is 5.91 Å². The molecular formula is C22H23N5O. The number of hydrogen-bond donors (Lipinski definition) is 2. The summed E-state index contributed by atoms with van der Waals surface area (Å²) in [5.41, 5.74) is 3.32. The summed E-state index contributed by atoms with van der Waals surface area (Å²) in [6.45, 7) is 2.25. The Balaban J connectivity index is 1.37. The zero-order valence-electron chi connectivity index (χ0n) is 15.6. The minimum absolute atomic E-state index is 0.233. The first-order chi connectivity index (χ1) is 13.8. The Bertz CT molecular complexity index is 904. The standard InChI is InChI=1S/C22H23N5O/c28-21(25-18-7-3-1-4-8-18)17-15-23-22(24-16-17)26-19-9-11-20(12-10-19)27-13-5-2-6-14-27/h1,3-4,7-12,15-16H,2,5-6,13-14H2,(H,25,28)(H,23,24,26). The van der Waals surface area contributed by atoms with Crippen LogP contribution in [0.25, 0.3) is 0 Å². The normalized spacial score (nSPS) is 13.8. The number of carbonyl (C=O) groups excluding carboxylic acids is 1. The monoisotopic (exact) mass is 373 g/mol. The number of nitrogens with one attached hydrogen (secondary N) is 2. The van der Waals surface area contributed by atoms with Gasteiger partial charge in [-0.25, -0.2) is 9.97 Å². The van der Waals surface area contributed by atoms with E-state index in [1.807, 2.05) is 42.5 Å². The summed E-state index contributed by atoms with van der Waals surface area (Å²) in [5, 5.41) is 6.00. The summed E-state index contributed by atoms with van der Waals surface area (Å²) in [6, 6.07) is 17.6. The van der Waals surface area contributed by atoms with E-state index in [4.69, 9.17) is 0 Å². The van der Waals surface area contributed by atoms with Gasteiger partial charge in [-0.05, 0) is 55.7 Å². The maximum absolute atomic E-state index is 12.3. The second kappa shape index (κ2) is 8.52. The second-order valence-electron chi connectivity index (χ2n) is 6.84. The lowest BCUT2D eigenvalue weighted by Gasteiger charge is -2.28. The van der Waals surface area contributed by atoms with Gasteiger partial charge in [0.05, 0.1) is 5.56 Å². The van der Waals surface area contributed by atoms with Crippen molar-refractivity contribution >= 4 is 28.9 Å². The first kappa shape index (κ1) is 18.0. The van der Waals surface area contributed by atoms with Crippen molar-refractivity contribution in [1.29, 1.82) is 0 Å².